The second-order valence-corrected chi connectivity index (χ2v) is 5.07. The summed E-state index contributed by atoms with van der Waals surface area (Å²) in [4.78, 5) is 2.35. The Bertz CT molecular complexity index is 366. The van der Waals surface area contributed by atoms with Gasteiger partial charge in [0, 0.05) is 39.5 Å². The van der Waals surface area contributed by atoms with Crippen LogP contribution in [0.5, 0.6) is 0 Å². The molecular formula is C16H28N2O. The van der Waals surface area contributed by atoms with Gasteiger partial charge < -0.3 is 15.0 Å². The zero-order valence-corrected chi connectivity index (χ0v) is 12.8. The molecule has 3 nitrogen and oxygen atoms in total. The lowest BCUT2D eigenvalue weighted by atomic mass is 10.1. The van der Waals surface area contributed by atoms with Crippen molar-refractivity contribution < 1.29 is 4.74 Å². The molecule has 0 atom stereocenters. The summed E-state index contributed by atoms with van der Waals surface area (Å²) in [6.07, 6.45) is 2.49. The minimum atomic E-state index is 0.761. The van der Waals surface area contributed by atoms with Gasteiger partial charge in [-0.15, -0.1) is 0 Å². The van der Waals surface area contributed by atoms with E-state index in [-0.39, 0.29) is 0 Å². The van der Waals surface area contributed by atoms with Crippen LogP contribution in [-0.4, -0.2) is 33.9 Å². The minimum absolute atomic E-state index is 0.761. The number of hydrogen-bond acceptors (Lipinski definition) is 3. The maximum absolute atomic E-state index is 5.02. The maximum Gasteiger partial charge on any atom is 0.0587 e. The molecule has 19 heavy (non-hydrogen) atoms. The first-order valence-electron chi connectivity index (χ1n) is 7.19. The van der Waals surface area contributed by atoms with Gasteiger partial charge in [0.25, 0.3) is 0 Å². The van der Waals surface area contributed by atoms with Crippen LogP contribution >= 0.6 is 0 Å². The third-order valence-corrected chi connectivity index (χ3v) is 3.33. The number of methoxy groups -OCH3 is 1. The summed E-state index contributed by atoms with van der Waals surface area (Å²) in [6, 6.07) is 6.72. The van der Waals surface area contributed by atoms with Gasteiger partial charge in [0.05, 0.1) is 6.61 Å². The van der Waals surface area contributed by atoms with E-state index < -0.39 is 0 Å². The van der Waals surface area contributed by atoms with Gasteiger partial charge in [-0.3, -0.25) is 0 Å². The molecule has 0 amide bonds. The van der Waals surface area contributed by atoms with Crippen molar-refractivity contribution in [2.75, 3.05) is 38.8 Å². The Labute approximate surface area is 118 Å². The number of nitrogens with one attached hydrogen (secondary N) is 1. The van der Waals surface area contributed by atoms with Crippen LogP contribution in [0.4, 0.5) is 5.69 Å². The van der Waals surface area contributed by atoms with Crippen LogP contribution in [0.25, 0.3) is 0 Å². The Kier molecular flexibility index (Phi) is 7.53. The number of anilines is 1. The maximum atomic E-state index is 5.02. The lowest BCUT2D eigenvalue weighted by Gasteiger charge is -2.21. The fourth-order valence-corrected chi connectivity index (χ4v) is 2.18. The van der Waals surface area contributed by atoms with Crippen LogP contribution in [0, 0.1) is 6.92 Å². The van der Waals surface area contributed by atoms with E-state index in [1.165, 1.54) is 29.7 Å². The minimum Gasteiger partial charge on any atom is -0.383 e. The molecule has 0 aliphatic heterocycles. The van der Waals surface area contributed by atoms with Gasteiger partial charge in [0.15, 0.2) is 0 Å². The molecule has 0 radical (unpaired) electrons. The number of nitrogens with zero attached hydrogens (tertiary/aromatic N) is 1. The molecule has 0 unspecified atom stereocenters. The van der Waals surface area contributed by atoms with E-state index in [2.05, 4.69) is 49.3 Å². The van der Waals surface area contributed by atoms with Crippen molar-refractivity contribution in [3.05, 3.63) is 29.3 Å². The molecule has 0 saturated heterocycles. The molecule has 0 aliphatic rings. The van der Waals surface area contributed by atoms with Crippen LogP contribution in [0.2, 0.25) is 0 Å². The molecule has 0 bridgehead atoms. The molecule has 0 aliphatic carbocycles. The molecule has 0 saturated carbocycles. The van der Waals surface area contributed by atoms with Crippen LogP contribution in [0.15, 0.2) is 18.2 Å². The van der Waals surface area contributed by atoms with Gasteiger partial charge in [0.2, 0.25) is 0 Å². The van der Waals surface area contributed by atoms with E-state index in [4.69, 9.17) is 4.74 Å². The molecule has 0 fully saturated rings. The van der Waals surface area contributed by atoms with Crippen molar-refractivity contribution in [2.45, 2.75) is 33.2 Å². The SMILES string of the molecule is CCCCN(C)c1ccc(CNCCOC)cc1C. The predicted molar refractivity (Wildman–Crippen MR) is 82.9 cm³/mol. The third-order valence-electron chi connectivity index (χ3n) is 3.33. The van der Waals surface area contributed by atoms with E-state index in [9.17, 15) is 0 Å². The van der Waals surface area contributed by atoms with Crippen molar-refractivity contribution in [1.29, 1.82) is 0 Å². The van der Waals surface area contributed by atoms with Gasteiger partial charge in [0.1, 0.15) is 0 Å². The number of rotatable bonds is 9. The first-order chi connectivity index (χ1) is 9.19. The molecule has 1 aromatic carbocycles. The summed E-state index contributed by atoms with van der Waals surface area (Å²) in [5.74, 6) is 0. The van der Waals surface area contributed by atoms with Gasteiger partial charge in [-0.2, -0.15) is 0 Å². The second kappa shape index (κ2) is 8.94. The molecule has 0 spiro atoms. The fourth-order valence-electron chi connectivity index (χ4n) is 2.18. The topological polar surface area (TPSA) is 24.5 Å². The number of benzene rings is 1. The lowest BCUT2D eigenvalue weighted by Crippen LogP contribution is -2.20. The number of unbranched alkanes of at least 4 members (excludes halogenated alkanes) is 1. The monoisotopic (exact) mass is 264 g/mol. The van der Waals surface area contributed by atoms with Crippen LogP contribution in [0.1, 0.15) is 30.9 Å². The average molecular weight is 264 g/mol. The van der Waals surface area contributed by atoms with E-state index in [1.807, 2.05) is 0 Å². The first-order valence-corrected chi connectivity index (χ1v) is 7.19. The molecule has 0 aromatic heterocycles. The van der Waals surface area contributed by atoms with Gasteiger partial charge in [-0.1, -0.05) is 25.5 Å². The molecule has 108 valence electrons. The van der Waals surface area contributed by atoms with Crippen molar-refractivity contribution in [3.63, 3.8) is 0 Å². The Balaban J connectivity index is 2.53. The predicted octanol–water partition coefficient (Wildman–Crippen LogP) is 2.97. The normalized spacial score (nSPS) is 10.7. The molecule has 0 heterocycles. The highest BCUT2D eigenvalue weighted by molar-refractivity contribution is 5.53. The number of hydrogen-bond donors (Lipinski definition) is 1. The highest BCUT2D eigenvalue weighted by Crippen LogP contribution is 2.20. The zero-order chi connectivity index (χ0) is 14.1. The van der Waals surface area contributed by atoms with Crippen molar-refractivity contribution in [2.24, 2.45) is 0 Å². The van der Waals surface area contributed by atoms with Crippen molar-refractivity contribution in [1.82, 2.24) is 5.32 Å². The summed E-state index contributed by atoms with van der Waals surface area (Å²) >= 11 is 0. The largest absolute Gasteiger partial charge is 0.383 e. The second-order valence-electron chi connectivity index (χ2n) is 5.07. The van der Waals surface area contributed by atoms with Crippen molar-refractivity contribution in [3.8, 4) is 0 Å². The van der Waals surface area contributed by atoms with E-state index in [1.54, 1.807) is 7.11 Å². The molecular weight excluding hydrogens is 236 g/mol. The Morgan fingerprint density at radius 1 is 1.32 bits per heavy atom. The fraction of sp³-hybridized carbons (Fsp3) is 0.625. The molecule has 3 heteroatoms. The van der Waals surface area contributed by atoms with E-state index >= 15 is 0 Å². The number of ether oxygens (including phenoxy) is 1. The van der Waals surface area contributed by atoms with Crippen molar-refractivity contribution >= 4 is 5.69 Å². The van der Waals surface area contributed by atoms with Gasteiger partial charge in [-0.25, -0.2) is 0 Å². The van der Waals surface area contributed by atoms with Crippen LogP contribution in [0.3, 0.4) is 0 Å². The highest BCUT2D eigenvalue weighted by Gasteiger charge is 2.04. The summed E-state index contributed by atoms with van der Waals surface area (Å²) in [6.45, 7) is 8.11. The van der Waals surface area contributed by atoms with Crippen LogP contribution in [-0.2, 0) is 11.3 Å². The zero-order valence-electron chi connectivity index (χ0n) is 12.8. The Hall–Kier alpha value is -1.06. The summed E-state index contributed by atoms with van der Waals surface area (Å²) < 4.78 is 5.02. The van der Waals surface area contributed by atoms with E-state index in [0.29, 0.717) is 0 Å². The standard InChI is InChI=1S/C16H28N2O/c1-5-6-10-18(3)16-8-7-15(12-14(16)2)13-17-9-11-19-4/h7-8,12,17H,5-6,9-11,13H2,1-4H3. The molecule has 1 rings (SSSR count). The first kappa shape index (κ1) is 16.0. The molecule has 1 aromatic rings. The number of aryl methyl sites for hydroxylation is 1. The average Bonchev–Trinajstić information content (AvgIpc) is 2.41. The smallest absolute Gasteiger partial charge is 0.0587 e. The molecule has 1 N–H and O–H groups in total. The van der Waals surface area contributed by atoms with E-state index in [0.717, 1.165) is 26.2 Å². The van der Waals surface area contributed by atoms with Gasteiger partial charge in [-0.05, 0) is 30.5 Å². The Morgan fingerprint density at radius 3 is 2.74 bits per heavy atom. The van der Waals surface area contributed by atoms with Crippen LogP contribution < -0.4 is 10.2 Å². The lowest BCUT2D eigenvalue weighted by molar-refractivity contribution is 0.199. The van der Waals surface area contributed by atoms with Gasteiger partial charge >= 0.3 is 0 Å². The Morgan fingerprint density at radius 2 is 2.11 bits per heavy atom. The summed E-state index contributed by atoms with van der Waals surface area (Å²) in [5, 5.41) is 3.37. The third kappa shape index (κ3) is 5.62. The summed E-state index contributed by atoms with van der Waals surface area (Å²) in [5.41, 5.74) is 4.03. The quantitative estimate of drug-likeness (QED) is 0.694. The summed E-state index contributed by atoms with van der Waals surface area (Å²) in [7, 11) is 3.90. The highest BCUT2D eigenvalue weighted by atomic mass is 16.5.